The van der Waals surface area contributed by atoms with Crippen LogP contribution in [-0.2, 0) is 6.54 Å². The molecule has 4 heteroatoms. The highest BCUT2D eigenvalue weighted by atomic mass is 35.5. The Morgan fingerprint density at radius 2 is 2.23 bits per heavy atom. The number of rotatable bonds is 4. The Balaban J connectivity index is 2.59. The Kier molecular flexibility index (Phi) is 4.15. The van der Waals surface area contributed by atoms with Gasteiger partial charge >= 0.3 is 0 Å². The molecule has 0 aliphatic carbocycles. The number of halogens is 2. The second-order valence-electron chi connectivity index (χ2n) is 2.70. The van der Waals surface area contributed by atoms with E-state index in [1.54, 1.807) is 6.07 Å². The van der Waals surface area contributed by atoms with Gasteiger partial charge in [0.2, 0.25) is 0 Å². The monoisotopic (exact) mass is 202 g/mol. The highest BCUT2D eigenvalue weighted by Gasteiger charge is 2.00. The molecule has 0 amide bonds. The predicted molar refractivity (Wildman–Crippen MR) is 52.2 cm³/mol. The first-order chi connectivity index (χ1) is 6.24. The zero-order valence-corrected chi connectivity index (χ0v) is 7.94. The van der Waals surface area contributed by atoms with Crippen LogP contribution in [0.3, 0.4) is 0 Å². The maximum Gasteiger partial charge on any atom is 0.123 e. The van der Waals surface area contributed by atoms with Gasteiger partial charge in [-0.1, -0.05) is 11.6 Å². The van der Waals surface area contributed by atoms with Gasteiger partial charge in [0.05, 0.1) is 0 Å². The molecular weight excluding hydrogens is 191 g/mol. The van der Waals surface area contributed by atoms with Gasteiger partial charge in [0.15, 0.2) is 0 Å². The summed E-state index contributed by atoms with van der Waals surface area (Å²) in [6.07, 6.45) is 0. The molecule has 0 aliphatic heterocycles. The minimum Gasteiger partial charge on any atom is -0.329 e. The second-order valence-corrected chi connectivity index (χ2v) is 3.11. The van der Waals surface area contributed by atoms with E-state index in [4.69, 9.17) is 17.3 Å². The smallest absolute Gasteiger partial charge is 0.123 e. The minimum atomic E-state index is -0.269. The standard InChI is InChI=1S/C9H12ClFN2/c10-9-2-1-8(11)5-7(9)6-13-4-3-12/h1-2,5,13H,3-4,6,12H2. The van der Waals surface area contributed by atoms with E-state index in [0.717, 1.165) is 5.56 Å². The van der Waals surface area contributed by atoms with Crippen LogP contribution in [0.15, 0.2) is 18.2 Å². The summed E-state index contributed by atoms with van der Waals surface area (Å²) in [5.74, 6) is -0.269. The van der Waals surface area contributed by atoms with Crippen LogP contribution in [0.25, 0.3) is 0 Å². The topological polar surface area (TPSA) is 38.0 Å². The van der Waals surface area contributed by atoms with Gasteiger partial charge in [0, 0.05) is 24.7 Å². The fourth-order valence-electron chi connectivity index (χ4n) is 1.00. The van der Waals surface area contributed by atoms with Crippen molar-refractivity contribution in [3.05, 3.63) is 34.6 Å². The number of nitrogens with two attached hydrogens (primary N) is 1. The molecule has 0 heterocycles. The summed E-state index contributed by atoms with van der Waals surface area (Å²) in [4.78, 5) is 0. The van der Waals surface area contributed by atoms with E-state index in [9.17, 15) is 4.39 Å². The van der Waals surface area contributed by atoms with Crippen molar-refractivity contribution in [3.8, 4) is 0 Å². The summed E-state index contributed by atoms with van der Waals surface area (Å²) in [6.45, 7) is 1.81. The van der Waals surface area contributed by atoms with Crippen molar-refractivity contribution in [2.75, 3.05) is 13.1 Å². The van der Waals surface area contributed by atoms with E-state index in [1.807, 2.05) is 0 Å². The summed E-state index contributed by atoms with van der Waals surface area (Å²) >= 11 is 5.84. The fraction of sp³-hybridized carbons (Fsp3) is 0.333. The molecule has 72 valence electrons. The van der Waals surface area contributed by atoms with Crippen LogP contribution >= 0.6 is 11.6 Å². The third kappa shape index (κ3) is 3.30. The Morgan fingerprint density at radius 3 is 2.92 bits per heavy atom. The summed E-state index contributed by atoms with van der Waals surface area (Å²) in [6, 6.07) is 4.32. The van der Waals surface area contributed by atoms with E-state index in [-0.39, 0.29) is 5.82 Å². The van der Waals surface area contributed by atoms with Crippen molar-refractivity contribution >= 4 is 11.6 Å². The average molecular weight is 203 g/mol. The van der Waals surface area contributed by atoms with Crippen LogP contribution in [0.2, 0.25) is 5.02 Å². The zero-order valence-electron chi connectivity index (χ0n) is 7.19. The number of hydrogen-bond donors (Lipinski definition) is 2. The molecule has 0 fully saturated rings. The molecule has 1 aromatic rings. The lowest BCUT2D eigenvalue weighted by Crippen LogP contribution is -2.22. The molecule has 0 spiro atoms. The van der Waals surface area contributed by atoms with Gasteiger partial charge in [0.1, 0.15) is 5.82 Å². The summed E-state index contributed by atoms with van der Waals surface area (Å²) < 4.78 is 12.7. The minimum absolute atomic E-state index is 0.269. The van der Waals surface area contributed by atoms with Gasteiger partial charge in [-0.25, -0.2) is 4.39 Å². The first-order valence-corrected chi connectivity index (χ1v) is 4.46. The van der Waals surface area contributed by atoms with Crippen molar-refractivity contribution in [2.45, 2.75) is 6.54 Å². The van der Waals surface area contributed by atoms with Gasteiger partial charge in [-0.05, 0) is 23.8 Å². The largest absolute Gasteiger partial charge is 0.329 e. The van der Waals surface area contributed by atoms with E-state index in [0.29, 0.717) is 24.7 Å². The second kappa shape index (κ2) is 5.17. The fourth-order valence-corrected chi connectivity index (χ4v) is 1.19. The van der Waals surface area contributed by atoms with E-state index >= 15 is 0 Å². The molecule has 2 nitrogen and oxygen atoms in total. The van der Waals surface area contributed by atoms with Crippen molar-refractivity contribution in [1.82, 2.24) is 5.32 Å². The Bertz CT molecular complexity index is 278. The normalized spacial score (nSPS) is 10.4. The highest BCUT2D eigenvalue weighted by molar-refractivity contribution is 6.31. The molecule has 0 bridgehead atoms. The number of hydrogen-bond acceptors (Lipinski definition) is 2. The van der Waals surface area contributed by atoms with Crippen LogP contribution in [-0.4, -0.2) is 13.1 Å². The van der Waals surface area contributed by atoms with E-state index < -0.39 is 0 Å². The van der Waals surface area contributed by atoms with Gasteiger partial charge in [-0.15, -0.1) is 0 Å². The van der Waals surface area contributed by atoms with Gasteiger partial charge in [-0.2, -0.15) is 0 Å². The molecule has 0 aromatic heterocycles. The molecule has 1 rings (SSSR count). The highest BCUT2D eigenvalue weighted by Crippen LogP contribution is 2.16. The lowest BCUT2D eigenvalue weighted by atomic mass is 10.2. The Labute approximate surface area is 81.9 Å². The Hall–Kier alpha value is -0.640. The van der Waals surface area contributed by atoms with E-state index in [1.165, 1.54) is 12.1 Å². The van der Waals surface area contributed by atoms with Crippen molar-refractivity contribution in [2.24, 2.45) is 5.73 Å². The molecule has 0 saturated heterocycles. The molecule has 1 aromatic carbocycles. The molecule has 13 heavy (non-hydrogen) atoms. The molecule has 0 radical (unpaired) electrons. The van der Waals surface area contributed by atoms with Gasteiger partial charge in [-0.3, -0.25) is 0 Å². The SMILES string of the molecule is NCCNCc1cc(F)ccc1Cl. The molecule has 0 saturated carbocycles. The summed E-state index contributed by atoms with van der Waals surface area (Å²) in [5, 5.41) is 3.62. The van der Waals surface area contributed by atoms with Crippen molar-refractivity contribution in [3.63, 3.8) is 0 Å². The summed E-state index contributed by atoms with van der Waals surface area (Å²) in [7, 11) is 0. The lowest BCUT2D eigenvalue weighted by molar-refractivity contribution is 0.621. The average Bonchev–Trinajstić information content (AvgIpc) is 2.11. The first kappa shape index (κ1) is 10.4. The molecular formula is C9H12ClFN2. The Morgan fingerprint density at radius 1 is 1.46 bits per heavy atom. The van der Waals surface area contributed by atoms with Crippen LogP contribution in [0, 0.1) is 5.82 Å². The number of benzene rings is 1. The van der Waals surface area contributed by atoms with Crippen molar-refractivity contribution in [1.29, 1.82) is 0 Å². The lowest BCUT2D eigenvalue weighted by Gasteiger charge is -2.05. The maximum absolute atomic E-state index is 12.7. The molecule has 0 unspecified atom stereocenters. The maximum atomic E-state index is 12.7. The number of nitrogens with one attached hydrogen (secondary N) is 1. The van der Waals surface area contributed by atoms with Crippen LogP contribution in [0.4, 0.5) is 4.39 Å². The van der Waals surface area contributed by atoms with Crippen LogP contribution < -0.4 is 11.1 Å². The van der Waals surface area contributed by atoms with Crippen molar-refractivity contribution < 1.29 is 4.39 Å². The molecule has 0 aliphatic rings. The zero-order chi connectivity index (χ0) is 9.68. The first-order valence-electron chi connectivity index (χ1n) is 4.08. The quantitative estimate of drug-likeness (QED) is 0.727. The van der Waals surface area contributed by atoms with Gasteiger partial charge in [0.25, 0.3) is 0 Å². The van der Waals surface area contributed by atoms with Gasteiger partial charge < -0.3 is 11.1 Å². The summed E-state index contributed by atoms with van der Waals surface area (Å²) in [5.41, 5.74) is 6.05. The third-order valence-electron chi connectivity index (χ3n) is 1.64. The molecule has 0 atom stereocenters. The van der Waals surface area contributed by atoms with Crippen LogP contribution in [0.1, 0.15) is 5.56 Å². The van der Waals surface area contributed by atoms with E-state index in [2.05, 4.69) is 5.32 Å². The predicted octanol–water partition coefficient (Wildman–Crippen LogP) is 1.53. The third-order valence-corrected chi connectivity index (χ3v) is 2.01. The molecule has 3 N–H and O–H groups in total. The van der Waals surface area contributed by atoms with Crippen LogP contribution in [0.5, 0.6) is 0 Å².